The molecule has 0 unspecified atom stereocenters. The van der Waals surface area contributed by atoms with Crippen LogP contribution in [0, 0.1) is 0 Å². The first-order valence-corrected chi connectivity index (χ1v) is 4.58. The van der Waals surface area contributed by atoms with Gasteiger partial charge in [0.1, 0.15) is 0 Å². The van der Waals surface area contributed by atoms with E-state index in [0.717, 1.165) is 0 Å². The number of aldehydes is 1. The number of rotatable bonds is 1. The third kappa shape index (κ3) is 1.34. The van der Waals surface area contributed by atoms with Crippen molar-refractivity contribution in [1.82, 2.24) is 5.32 Å². The zero-order chi connectivity index (χ0) is 11.1. The number of Topliss-reactive ketones (excluding diaryl/α,β-unsaturated/α-hetero) is 1. The maximum Gasteiger partial charge on any atom is 0.254 e. The van der Waals surface area contributed by atoms with Crippen LogP contribution < -0.4 is 5.32 Å². The smallest absolute Gasteiger partial charge is 0.254 e. The van der Waals surface area contributed by atoms with Gasteiger partial charge in [0.2, 0.25) is 10.8 Å². The topological polar surface area (TPSA) is 63.2 Å². The molecule has 0 radical (unpaired) electrons. The molecule has 5 heteroatoms. The van der Waals surface area contributed by atoms with Crippen molar-refractivity contribution >= 4 is 29.6 Å². The van der Waals surface area contributed by atoms with Crippen LogP contribution in [0.4, 0.5) is 0 Å². The molecule has 0 fully saturated rings. The van der Waals surface area contributed by atoms with Crippen molar-refractivity contribution in [2.45, 2.75) is 5.00 Å². The average molecular weight is 224 g/mol. The normalized spacial score (nSPS) is 24.3. The number of benzene rings is 1. The molecule has 1 aliphatic heterocycles. The first kappa shape index (κ1) is 9.86. The second-order valence-electron chi connectivity index (χ2n) is 3.16. The van der Waals surface area contributed by atoms with Gasteiger partial charge in [-0.3, -0.25) is 14.4 Å². The van der Waals surface area contributed by atoms with Gasteiger partial charge in [-0.1, -0.05) is 29.8 Å². The van der Waals surface area contributed by atoms with E-state index in [1.54, 1.807) is 12.1 Å². The molecule has 76 valence electrons. The van der Waals surface area contributed by atoms with E-state index in [1.165, 1.54) is 12.1 Å². The number of nitrogens with one attached hydrogen (secondary N) is 1. The van der Waals surface area contributed by atoms with E-state index in [1.807, 2.05) is 0 Å². The van der Waals surface area contributed by atoms with Crippen LogP contribution in [0.3, 0.4) is 0 Å². The van der Waals surface area contributed by atoms with Crippen LogP contribution in [0.1, 0.15) is 20.7 Å². The third-order valence-electron chi connectivity index (χ3n) is 2.20. The van der Waals surface area contributed by atoms with Gasteiger partial charge in [0, 0.05) is 5.56 Å². The summed E-state index contributed by atoms with van der Waals surface area (Å²) in [4.78, 5) is 32.0. The lowest BCUT2D eigenvalue weighted by Crippen LogP contribution is -2.55. The molecule has 1 amide bonds. The number of ketones is 1. The number of amides is 1. The summed E-state index contributed by atoms with van der Waals surface area (Å²) in [7, 11) is 0. The van der Waals surface area contributed by atoms with E-state index in [4.69, 9.17) is 11.6 Å². The van der Waals surface area contributed by atoms with Gasteiger partial charge in [-0.2, -0.15) is 0 Å². The van der Waals surface area contributed by atoms with Crippen molar-refractivity contribution in [3.63, 3.8) is 0 Å². The number of fused-ring (bicyclic) bond motifs is 1. The summed E-state index contributed by atoms with van der Waals surface area (Å²) in [6.07, 6.45) is 0.227. The fourth-order valence-electron chi connectivity index (χ4n) is 1.45. The Labute approximate surface area is 90.2 Å². The van der Waals surface area contributed by atoms with Gasteiger partial charge in [0.15, 0.2) is 6.29 Å². The van der Waals surface area contributed by atoms with E-state index < -0.39 is 16.7 Å². The van der Waals surface area contributed by atoms with Crippen molar-refractivity contribution in [1.29, 1.82) is 0 Å². The molecule has 0 aliphatic carbocycles. The summed E-state index contributed by atoms with van der Waals surface area (Å²) in [6.45, 7) is 0. The zero-order valence-corrected chi connectivity index (χ0v) is 8.25. The van der Waals surface area contributed by atoms with Gasteiger partial charge in [-0.05, 0) is 6.07 Å². The molecule has 2 rings (SSSR count). The highest BCUT2D eigenvalue weighted by Crippen LogP contribution is 2.24. The lowest BCUT2D eigenvalue weighted by molar-refractivity contribution is -0.109. The Morgan fingerprint density at radius 3 is 2.40 bits per heavy atom. The maximum atomic E-state index is 11.7. The quantitative estimate of drug-likeness (QED) is 0.331. The highest BCUT2D eigenvalue weighted by molar-refractivity contribution is 6.48. The van der Waals surface area contributed by atoms with E-state index in [-0.39, 0.29) is 17.4 Å². The fourth-order valence-corrected chi connectivity index (χ4v) is 1.64. The molecule has 1 aromatic carbocycles. The predicted molar refractivity (Wildman–Crippen MR) is 52.9 cm³/mol. The Hall–Kier alpha value is -1.68. The molecule has 1 aromatic rings. The molecule has 0 bridgehead atoms. The van der Waals surface area contributed by atoms with Crippen LogP contribution in [0.25, 0.3) is 0 Å². The molecular formula is C10H6ClNO3. The van der Waals surface area contributed by atoms with Gasteiger partial charge < -0.3 is 5.32 Å². The summed E-state index contributed by atoms with van der Waals surface area (Å²) < 4.78 is 0. The van der Waals surface area contributed by atoms with Crippen LogP contribution >= 0.6 is 11.6 Å². The zero-order valence-electron chi connectivity index (χ0n) is 7.49. The van der Waals surface area contributed by atoms with Crippen LogP contribution in [0.5, 0.6) is 0 Å². The average Bonchev–Trinajstić information content (AvgIpc) is 2.26. The van der Waals surface area contributed by atoms with Crippen molar-refractivity contribution < 1.29 is 14.4 Å². The first-order chi connectivity index (χ1) is 7.08. The molecular weight excluding hydrogens is 218 g/mol. The standard InChI is InChI=1S/C10H6ClNO3/c11-10(5-13)8(14)6-3-1-2-4-7(6)9(15)12-10/h1-5H,(H,12,15)/t10-/m1/s1. The second-order valence-corrected chi connectivity index (χ2v) is 3.75. The second kappa shape index (κ2) is 3.17. The number of alkyl halides is 1. The van der Waals surface area contributed by atoms with Crippen LogP contribution in [0.2, 0.25) is 0 Å². The van der Waals surface area contributed by atoms with Crippen molar-refractivity contribution in [3.8, 4) is 0 Å². The molecule has 15 heavy (non-hydrogen) atoms. The molecule has 4 nitrogen and oxygen atoms in total. The van der Waals surface area contributed by atoms with Crippen molar-refractivity contribution in [2.24, 2.45) is 0 Å². The lowest BCUT2D eigenvalue weighted by atomic mass is 9.94. The predicted octanol–water partition coefficient (Wildman–Crippen LogP) is 0.747. The maximum absolute atomic E-state index is 11.7. The summed E-state index contributed by atoms with van der Waals surface area (Å²) in [6, 6.07) is 6.21. The minimum absolute atomic E-state index is 0.170. The molecule has 1 heterocycles. The van der Waals surface area contributed by atoms with Gasteiger partial charge in [-0.15, -0.1) is 0 Å². The van der Waals surface area contributed by atoms with Crippen molar-refractivity contribution in [2.75, 3.05) is 0 Å². The number of hydrogen-bond donors (Lipinski definition) is 1. The Balaban J connectivity index is 2.63. The van der Waals surface area contributed by atoms with Gasteiger partial charge in [-0.25, -0.2) is 0 Å². The number of carbonyl (C=O) groups excluding carboxylic acids is 3. The van der Waals surface area contributed by atoms with E-state index in [9.17, 15) is 14.4 Å². The van der Waals surface area contributed by atoms with Crippen LogP contribution in [0.15, 0.2) is 24.3 Å². The molecule has 1 aliphatic rings. The molecule has 0 spiro atoms. The monoisotopic (exact) mass is 223 g/mol. The highest BCUT2D eigenvalue weighted by atomic mass is 35.5. The van der Waals surface area contributed by atoms with E-state index >= 15 is 0 Å². The van der Waals surface area contributed by atoms with Crippen molar-refractivity contribution in [3.05, 3.63) is 35.4 Å². The Morgan fingerprint density at radius 2 is 1.80 bits per heavy atom. The van der Waals surface area contributed by atoms with Gasteiger partial charge in [0.25, 0.3) is 5.91 Å². The summed E-state index contributed by atoms with van der Waals surface area (Å²) >= 11 is 5.68. The van der Waals surface area contributed by atoms with Crippen LogP contribution in [-0.4, -0.2) is 23.0 Å². The molecule has 0 saturated carbocycles. The SMILES string of the molecule is O=C[C@@]1(Cl)NC(=O)c2ccccc2C1=O. The van der Waals surface area contributed by atoms with Gasteiger partial charge >= 0.3 is 0 Å². The Morgan fingerprint density at radius 1 is 1.20 bits per heavy atom. The summed E-state index contributed by atoms with van der Waals surface area (Å²) in [5.74, 6) is -1.12. The minimum atomic E-state index is -1.95. The van der Waals surface area contributed by atoms with Gasteiger partial charge in [0.05, 0.1) is 5.56 Å². The first-order valence-electron chi connectivity index (χ1n) is 4.20. The molecule has 1 N–H and O–H groups in total. The number of halogens is 1. The Kier molecular flexibility index (Phi) is 2.08. The largest absolute Gasteiger partial charge is 0.321 e. The fraction of sp³-hybridized carbons (Fsp3) is 0.100. The summed E-state index contributed by atoms with van der Waals surface area (Å²) in [5, 5.41) is 2.16. The lowest BCUT2D eigenvalue weighted by Gasteiger charge is -2.26. The Bertz CT molecular complexity index is 471. The van der Waals surface area contributed by atoms with E-state index in [2.05, 4.69) is 5.32 Å². The molecule has 1 atom stereocenters. The highest BCUT2D eigenvalue weighted by Gasteiger charge is 2.44. The van der Waals surface area contributed by atoms with Crippen LogP contribution in [-0.2, 0) is 4.79 Å². The van der Waals surface area contributed by atoms with E-state index in [0.29, 0.717) is 0 Å². The minimum Gasteiger partial charge on any atom is -0.321 e. The molecule has 0 saturated heterocycles. The third-order valence-corrected chi connectivity index (χ3v) is 2.56. The number of carbonyl (C=O) groups is 3. The summed E-state index contributed by atoms with van der Waals surface area (Å²) in [5.41, 5.74) is 0.406. The molecule has 0 aromatic heterocycles. The number of hydrogen-bond acceptors (Lipinski definition) is 3.